The Bertz CT molecular complexity index is 1180. The van der Waals surface area contributed by atoms with E-state index in [2.05, 4.69) is 60.4 Å². The van der Waals surface area contributed by atoms with Gasteiger partial charge in [0.15, 0.2) is 0 Å². The highest BCUT2D eigenvalue weighted by Gasteiger charge is 2.08. The van der Waals surface area contributed by atoms with E-state index >= 15 is 0 Å². The number of nitrogens with one attached hydrogen (secondary N) is 2. The van der Waals surface area contributed by atoms with E-state index < -0.39 is 0 Å². The predicted octanol–water partition coefficient (Wildman–Crippen LogP) is 5.14. The van der Waals surface area contributed by atoms with Gasteiger partial charge in [-0.15, -0.1) is 0 Å². The second kappa shape index (κ2) is 9.32. The second-order valence-corrected chi connectivity index (χ2v) is 8.47. The number of imidazole rings is 1. The fraction of sp³-hybridized carbons (Fsp3) is 0.167. The van der Waals surface area contributed by atoms with Crippen LogP contribution in [0.15, 0.2) is 77.5 Å². The molecule has 4 aromatic rings. The SMILES string of the molecule is CN(C)CCNC(=O)Nc1ccc(-c2ccc3ncn(-c4ccc(Br)cc4)c3c2)cc1. The highest BCUT2D eigenvalue weighted by molar-refractivity contribution is 9.10. The molecule has 0 saturated heterocycles. The third-order valence-electron chi connectivity index (χ3n) is 4.97. The van der Waals surface area contributed by atoms with E-state index in [9.17, 15) is 4.79 Å². The summed E-state index contributed by atoms with van der Waals surface area (Å²) in [6.45, 7) is 1.40. The minimum Gasteiger partial charge on any atom is -0.337 e. The number of anilines is 1. The molecule has 4 rings (SSSR count). The van der Waals surface area contributed by atoms with Crippen molar-refractivity contribution in [3.8, 4) is 16.8 Å². The molecule has 2 N–H and O–H groups in total. The van der Waals surface area contributed by atoms with Crippen LogP contribution in [-0.4, -0.2) is 47.7 Å². The van der Waals surface area contributed by atoms with Crippen LogP contribution in [-0.2, 0) is 0 Å². The van der Waals surface area contributed by atoms with Gasteiger partial charge in [-0.3, -0.25) is 4.57 Å². The lowest BCUT2D eigenvalue weighted by Gasteiger charge is -2.11. The summed E-state index contributed by atoms with van der Waals surface area (Å²) in [5.74, 6) is 0. The van der Waals surface area contributed by atoms with Gasteiger partial charge in [-0.1, -0.05) is 34.1 Å². The molecule has 0 aliphatic carbocycles. The fourth-order valence-electron chi connectivity index (χ4n) is 3.31. The molecule has 0 aliphatic rings. The van der Waals surface area contributed by atoms with Crippen molar-refractivity contribution in [2.24, 2.45) is 0 Å². The molecule has 0 radical (unpaired) electrons. The first kappa shape index (κ1) is 21.1. The van der Waals surface area contributed by atoms with E-state index in [0.29, 0.717) is 6.54 Å². The molecule has 0 fully saturated rings. The van der Waals surface area contributed by atoms with E-state index in [0.717, 1.165) is 44.6 Å². The van der Waals surface area contributed by atoms with E-state index in [4.69, 9.17) is 0 Å². The summed E-state index contributed by atoms with van der Waals surface area (Å²) in [5, 5.41) is 5.72. The standard InChI is InChI=1S/C24H24BrN5O/c1-29(2)14-13-26-24(31)28-20-8-3-17(4-9-20)18-5-12-22-23(15-18)30(16-27-22)21-10-6-19(25)7-11-21/h3-12,15-16H,13-14H2,1-2H3,(H2,26,28,31). The number of urea groups is 1. The van der Waals surface area contributed by atoms with Crippen LogP contribution in [0.4, 0.5) is 10.5 Å². The predicted molar refractivity (Wildman–Crippen MR) is 130 cm³/mol. The van der Waals surface area contributed by atoms with Gasteiger partial charge in [0.25, 0.3) is 0 Å². The number of benzene rings is 3. The molecule has 0 atom stereocenters. The summed E-state index contributed by atoms with van der Waals surface area (Å²) in [7, 11) is 3.95. The molecule has 0 aliphatic heterocycles. The highest BCUT2D eigenvalue weighted by atomic mass is 79.9. The summed E-state index contributed by atoms with van der Waals surface area (Å²) >= 11 is 3.48. The molecule has 31 heavy (non-hydrogen) atoms. The first-order valence-corrected chi connectivity index (χ1v) is 10.8. The first-order valence-electron chi connectivity index (χ1n) is 10.0. The number of amides is 2. The van der Waals surface area contributed by atoms with Crippen LogP contribution in [0.25, 0.3) is 27.8 Å². The molecule has 0 spiro atoms. The van der Waals surface area contributed by atoms with Crippen LogP contribution in [0.2, 0.25) is 0 Å². The van der Waals surface area contributed by atoms with Gasteiger partial charge in [0.05, 0.1) is 11.0 Å². The number of hydrogen-bond acceptors (Lipinski definition) is 3. The van der Waals surface area contributed by atoms with Crippen molar-refractivity contribution >= 4 is 38.7 Å². The number of aromatic nitrogens is 2. The fourth-order valence-corrected chi connectivity index (χ4v) is 3.57. The Morgan fingerprint density at radius 1 is 1.00 bits per heavy atom. The third kappa shape index (κ3) is 5.13. The lowest BCUT2D eigenvalue weighted by molar-refractivity contribution is 0.250. The Morgan fingerprint density at radius 2 is 1.71 bits per heavy atom. The molecule has 0 saturated carbocycles. The molecule has 0 unspecified atom stereocenters. The van der Waals surface area contributed by atoms with Crippen molar-refractivity contribution in [3.05, 3.63) is 77.5 Å². The third-order valence-corrected chi connectivity index (χ3v) is 5.50. The summed E-state index contributed by atoms with van der Waals surface area (Å²) in [4.78, 5) is 18.6. The Morgan fingerprint density at radius 3 is 2.42 bits per heavy atom. The van der Waals surface area contributed by atoms with Gasteiger partial charge in [0.2, 0.25) is 0 Å². The van der Waals surface area contributed by atoms with Crippen molar-refractivity contribution < 1.29 is 4.79 Å². The average molecular weight is 478 g/mol. The lowest BCUT2D eigenvalue weighted by Crippen LogP contribution is -2.34. The van der Waals surface area contributed by atoms with E-state index in [-0.39, 0.29) is 6.03 Å². The number of hydrogen-bond donors (Lipinski definition) is 2. The molecule has 1 heterocycles. The van der Waals surface area contributed by atoms with Crippen molar-refractivity contribution in [2.45, 2.75) is 0 Å². The number of likely N-dealkylation sites (N-methyl/N-ethyl adjacent to an activating group) is 1. The molecule has 3 aromatic carbocycles. The zero-order valence-corrected chi connectivity index (χ0v) is 19.1. The Kier molecular flexibility index (Phi) is 6.34. The van der Waals surface area contributed by atoms with Gasteiger partial charge in [0, 0.05) is 28.9 Å². The molecule has 158 valence electrons. The zero-order chi connectivity index (χ0) is 21.8. The van der Waals surface area contributed by atoms with Crippen molar-refractivity contribution in [2.75, 3.05) is 32.5 Å². The average Bonchev–Trinajstić information content (AvgIpc) is 3.18. The number of fused-ring (bicyclic) bond motifs is 1. The Labute approximate surface area is 190 Å². The Balaban J connectivity index is 1.51. The first-order chi connectivity index (χ1) is 15.0. The monoisotopic (exact) mass is 477 g/mol. The van der Waals surface area contributed by atoms with Gasteiger partial charge in [-0.2, -0.15) is 0 Å². The van der Waals surface area contributed by atoms with E-state index in [1.54, 1.807) is 0 Å². The molecule has 1 aromatic heterocycles. The molecular formula is C24H24BrN5O. The summed E-state index contributed by atoms with van der Waals surface area (Å²) in [6.07, 6.45) is 1.85. The summed E-state index contributed by atoms with van der Waals surface area (Å²) in [5.41, 5.74) is 5.97. The highest BCUT2D eigenvalue weighted by Crippen LogP contribution is 2.27. The topological polar surface area (TPSA) is 62.2 Å². The minimum atomic E-state index is -0.200. The van der Waals surface area contributed by atoms with E-state index in [1.807, 2.05) is 67.8 Å². The van der Waals surface area contributed by atoms with Gasteiger partial charge < -0.3 is 15.5 Å². The lowest BCUT2D eigenvalue weighted by atomic mass is 10.0. The Hall–Kier alpha value is -3.16. The smallest absolute Gasteiger partial charge is 0.319 e. The molecule has 7 heteroatoms. The molecule has 2 amide bonds. The quantitative estimate of drug-likeness (QED) is 0.404. The van der Waals surface area contributed by atoms with Crippen molar-refractivity contribution in [3.63, 3.8) is 0 Å². The number of halogens is 1. The maximum atomic E-state index is 12.0. The second-order valence-electron chi connectivity index (χ2n) is 7.56. The summed E-state index contributed by atoms with van der Waals surface area (Å²) < 4.78 is 3.13. The molecule has 6 nitrogen and oxygen atoms in total. The number of carbonyl (C=O) groups is 1. The van der Waals surface area contributed by atoms with Gasteiger partial charge in [-0.25, -0.2) is 9.78 Å². The van der Waals surface area contributed by atoms with Crippen LogP contribution in [0.1, 0.15) is 0 Å². The zero-order valence-electron chi connectivity index (χ0n) is 17.5. The maximum Gasteiger partial charge on any atom is 0.319 e. The summed E-state index contributed by atoms with van der Waals surface area (Å²) in [6, 6.07) is 22.0. The largest absolute Gasteiger partial charge is 0.337 e. The molecular weight excluding hydrogens is 454 g/mol. The van der Waals surface area contributed by atoms with Crippen molar-refractivity contribution in [1.29, 1.82) is 0 Å². The van der Waals surface area contributed by atoms with Gasteiger partial charge in [0.1, 0.15) is 6.33 Å². The van der Waals surface area contributed by atoms with Crippen LogP contribution in [0, 0.1) is 0 Å². The van der Waals surface area contributed by atoms with Crippen LogP contribution < -0.4 is 10.6 Å². The molecule has 0 bridgehead atoms. The normalized spacial score (nSPS) is 11.1. The van der Waals surface area contributed by atoms with E-state index in [1.165, 1.54) is 0 Å². The van der Waals surface area contributed by atoms with Gasteiger partial charge >= 0.3 is 6.03 Å². The number of nitrogens with zero attached hydrogens (tertiary/aromatic N) is 3. The maximum absolute atomic E-state index is 12.0. The minimum absolute atomic E-state index is 0.200. The van der Waals surface area contributed by atoms with Crippen LogP contribution >= 0.6 is 15.9 Å². The number of rotatable bonds is 6. The van der Waals surface area contributed by atoms with Gasteiger partial charge in [-0.05, 0) is 73.8 Å². The number of carbonyl (C=O) groups excluding carboxylic acids is 1. The van der Waals surface area contributed by atoms with Crippen LogP contribution in [0.3, 0.4) is 0 Å². The van der Waals surface area contributed by atoms with Crippen molar-refractivity contribution in [1.82, 2.24) is 19.8 Å². The van der Waals surface area contributed by atoms with Crippen LogP contribution in [0.5, 0.6) is 0 Å².